The normalized spacial score (nSPS) is 24.1. The standard InChI is InChI=1S/C22H31N3O3/c1-16-3-4-17(2)20(13-16)23-7-9-24(10-8-23)22(27)18-14-21(26)25(15-18)19-5-11-28-12-6-19/h3-4,13,18-19H,5-12,14-15H2,1-2H3. The van der Waals surface area contributed by atoms with Gasteiger partial charge in [-0.15, -0.1) is 0 Å². The fraction of sp³-hybridized carbons (Fsp3) is 0.636. The Bertz CT molecular complexity index is 737. The summed E-state index contributed by atoms with van der Waals surface area (Å²) in [5.41, 5.74) is 3.81. The Hall–Kier alpha value is -2.08. The van der Waals surface area contributed by atoms with E-state index in [0.717, 1.165) is 39.0 Å². The van der Waals surface area contributed by atoms with Crippen LogP contribution in [0.15, 0.2) is 18.2 Å². The second-order valence-electron chi connectivity index (χ2n) is 8.39. The number of carbonyl (C=O) groups excluding carboxylic acids is 2. The summed E-state index contributed by atoms with van der Waals surface area (Å²) < 4.78 is 5.41. The fourth-order valence-corrected chi connectivity index (χ4v) is 4.73. The molecule has 0 aliphatic carbocycles. The van der Waals surface area contributed by atoms with Crippen molar-refractivity contribution in [2.45, 2.75) is 39.2 Å². The molecule has 3 aliphatic heterocycles. The molecule has 0 aromatic heterocycles. The first-order valence-corrected chi connectivity index (χ1v) is 10.5. The first-order valence-electron chi connectivity index (χ1n) is 10.5. The molecule has 3 aliphatic rings. The average Bonchev–Trinajstić information content (AvgIpc) is 3.12. The van der Waals surface area contributed by atoms with Crippen molar-refractivity contribution in [3.05, 3.63) is 29.3 Å². The fourth-order valence-electron chi connectivity index (χ4n) is 4.73. The zero-order valence-corrected chi connectivity index (χ0v) is 17.0. The molecule has 3 heterocycles. The van der Waals surface area contributed by atoms with Crippen molar-refractivity contribution in [3.63, 3.8) is 0 Å². The number of piperazine rings is 1. The van der Waals surface area contributed by atoms with Gasteiger partial charge < -0.3 is 19.4 Å². The maximum absolute atomic E-state index is 13.0. The maximum atomic E-state index is 13.0. The lowest BCUT2D eigenvalue weighted by atomic mass is 10.1. The predicted octanol–water partition coefficient (Wildman–Crippen LogP) is 1.98. The lowest BCUT2D eigenvalue weighted by Gasteiger charge is -2.38. The predicted molar refractivity (Wildman–Crippen MR) is 108 cm³/mol. The van der Waals surface area contributed by atoms with Crippen LogP contribution in [0, 0.1) is 19.8 Å². The molecule has 3 fully saturated rings. The molecule has 1 aromatic carbocycles. The minimum Gasteiger partial charge on any atom is -0.381 e. The smallest absolute Gasteiger partial charge is 0.228 e. The Labute approximate surface area is 167 Å². The highest BCUT2D eigenvalue weighted by Crippen LogP contribution is 2.28. The average molecular weight is 386 g/mol. The number of hydrogen-bond acceptors (Lipinski definition) is 4. The molecule has 6 heteroatoms. The van der Waals surface area contributed by atoms with E-state index in [1.165, 1.54) is 16.8 Å². The van der Waals surface area contributed by atoms with Gasteiger partial charge in [-0.2, -0.15) is 0 Å². The van der Waals surface area contributed by atoms with Crippen molar-refractivity contribution in [1.29, 1.82) is 0 Å². The summed E-state index contributed by atoms with van der Waals surface area (Å²) in [4.78, 5) is 31.8. The molecular weight excluding hydrogens is 354 g/mol. The molecule has 2 amide bonds. The van der Waals surface area contributed by atoms with Crippen LogP contribution in [0.2, 0.25) is 0 Å². The third-order valence-electron chi connectivity index (χ3n) is 6.44. The highest BCUT2D eigenvalue weighted by molar-refractivity contribution is 5.89. The number of benzene rings is 1. The summed E-state index contributed by atoms with van der Waals surface area (Å²) in [5, 5.41) is 0. The molecule has 0 spiro atoms. The van der Waals surface area contributed by atoms with E-state index in [9.17, 15) is 9.59 Å². The number of aryl methyl sites for hydroxylation is 2. The Morgan fingerprint density at radius 1 is 1.07 bits per heavy atom. The van der Waals surface area contributed by atoms with E-state index in [1.807, 2.05) is 9.80 Å². The summed E-state index contributed by atoms with van der Waals surface area (Å²) >= 11 is 0. The Kier molecular flexibility index (Phi) is 5.58. The van der Waals surface area contributed by atoms with Gasteiger partial charge in [-0.3, -0.25) is 9.59 Å². The molecule has 1 unspecified atom stereocenters. The number of amides is 2. The van der Waals surface area contributed by atoms with Crippen LogP contribution in [0.25, 0.3) is 0 Å². The van der Waals surface area contributed by atoms with Gasteiger partial charge in [0.05, 0.1) is 5.92 Å². The van der Waals surface area contributed by atoms with Gasteiger partial charge >= 0.3 is 0 Å². The van der Waals surface area contributed by atoms with E-state index in [-0.39, 0.29) is 23.8 Å². The monoisotopic (exact) mass is 385 g/mol. The Morgan fingerprint density at radius 2 is 1.79 bits per heavy atom. The number of hydrogen-bond donors (Lipinski definition) is 0. The first kappa shape index (κ1) is 19.2. The number of ether oxygens (including phenoxy) is 1. The van der Waals surface area contributed by atoms with Gasteiger partial charge in [-0.05, 0) is 43.9 Å². The topological polar surface area (TPSA) is 53.1 Å². The highest BCUT2D eigenvalue weighted by atomic mass is 16.5. The van der Waals surface area contributed by atoms with Gasteiger partial charge in [0.2, 0.25) is 11.8 Å². The largest absolute Gasteiger partial charge is 0.381 e. The van der Waals surface area contributed by atoms with Crippen molar-refractivity contribution in [3.8, 4) is 0 Å². The quantitative estimate of drug-likeness (QED) is 0.798. The molecule has 0 radical (unpaired) electrons. The van der Waals surface area contributed by atoms with E-state index in [4.69, 9.17) is 4.74 Å². The second-order valence-corrected chi connectivity index (χ2v) is 8.39. The number of carbonyl (C=O) groups is 2. The molecular formula is C22H31N3O3. The van der Waals surface area contributed by atoms with Crippen LogP contribution >= 0.6 is 0 Å². The van der Waals surface area contributed by atoms with Crippen LogP contribution in [0.1, 0.15) is 30.4 Å². The van der Waals surface area contributed by atoms with Crippen LogP contribution in [0.5, 0.6) is 0 Å². The van der Waals surface area contributed by atoms with E-state index in [1.54, 1.807) is 0 Å². The Balaban J connectivity index is 1.34. The third kappa shape index (κ3) is 3.88. The number of nitrogens with zero attached hydrogens (tertiary/aromatic N) is 3. The summed E-state index contributed by atoms with van der Waals surface area (Å²) in [6, 6.07) is 6.78. The van der Waals surface area contributed by atoms with E-state index in [2.05, 4.69) is 36.9 Å². The van der Waals surface area contributed by atoms with Crippen molar-refractivity contribution in [2.24, 2.45) is 5.92 Å². The number of rotatable bonds is 3. The molecule has 28 heavy (non-hydrogen) atoms. The van der Waals surface area contributed by atoms with Crippen LogP contribution in [-0.2, 0) is 14.3 Å². The van der Waals surface area contributed by atoms with Gasteiger partial charge in [0.1, 0.15) is 0 Å². The zero-order valence-electron chi connectivity index (χ0n) is 17.0. The molecule has 1 atom stereocenters. The minimum atomic E-state index is -0.178. The molecule has 4 rings (SSSR count). The highest BCUT2D eigenvalue weighted by Gasteiger charge is 2.40. The lowest BCUT2D eigenvalue weighted by Crippen LogP contribution is -2.51. The lowest BCUT2D eigenvalue weighted by molar-refractivity contribution is -0.136. The second kappa shape index (κ2) is 8.11. The van der Waals surface area contributed by atoms with Crippen molar-refractivity contribution < 1.29 is 14.3 Å². The summed E-state index contributed by atoms with van der Waals surface area (Å²) in [5.74, 6) is 0.116. The van der Waals surface area contributed by atoms with Crippen LogP contribution in [-0.4, -0.2) is 73.6 Å². The van der Waals surface area contributed by atoms with Crippen LogP contribution < -0.4 is 4.90 Å². The van der Waals surface area contributed by atoms with Gasteiger partial charge in [0, 0.05) is 64.1 Å². The van der Waals surface area contributed by atoms with Gasteiger partial charge in [-0.25, -0.2) is 0 Å². The zero-order chi connectivity index (χ0) is 19.7. The van der Waals surface area contributed by atoms with Gasteiger partial charge in [-0.1, -0.05) is 12.1 Å². The SMILES string of the molecule is Cc1ccc(C)c(N2CCN(C(=O)C3CC(=O)N(C4CCOCC4)C3)CC2)c1. The molecule has 0 saturated carbocycles. The van der Waals surface area contributed by atoms with E-state index < -0.39 is 0 Å². The summed E-state index contributed by atoms with van der Waals surface area (Å²) in [6.07, 6.45) is 2.15. The molecule has 152 valence electrons. The summed E-state index contributed by atoms with van der Waals surface area (Å²) in [6.45, 7) is 9.43. The molecule has 6 nitrogen and oxygen atoms in total. The molecule has 0 bridgehead atoms. The van der Waals surface area contributed by atoms with Crippen LogP contribution in [0.3, 0.4) is 0 Å². The van der Waals surface area contributed by atoms with Crippen LogP contribution in [0.4, 0.5) is 5.69 Å². The van der Waals surface area contributed by atoms with Crippen molar-refractivity contribution >= 4 is 17.5 Å². The molecule has 3 saturated heterocycles. The first-order chi connectivity index (χ1) is 13.5. The van der Waals surface area contributed by atoms with Crippen molar-refractivity contribution in [1.82, 2.24) is 9.80 Å². The summed E-state index contributed by atoms with van der Waals surface area (Å²) in [7, 11) is 0. The third-order valence-corrected chi connectivity index (χ3v) is 6.44. The van der Waals surface area contributed by atoms with E-state index >= 15 is 0 Å². The van der Waals surface area contributed by atoms with Gasteiger partial charge in [0.15, 0.2) is 0 Å². The Morgan fingerprint density at radius 3 is 2.50 bits per heavy atom. The maximum Gasteiger partial charge on any atom is 0.228 e. The van der Waals surface area contributed by atoms with Crippen molar-refractivity contribution in [2.75, 3.05) is 50.8 Å². The molecule has 1 aromatic rings. The number of likely N-dealkylation sites (tertiary alicyclic amines) is 1. The van der Waals surface area contributed by atoms with E-state index in [0.29, 0.717) is 26.2 Å². The molecule has 0 N–H and O–H groups in total. The number of anilines is 1. The van der Waals surface area contributed by atoms with Gasteiger partial charge in [0.25, 0.3) is 0 Å². The minimum absolute atomic E-state index is 0.138.